The third-order valence-electron chi connectivity index (χ3n) is 10.6. The van der Waals surface area contributed by atoms with Gasteiger partial charge < -0.3 is 4.57 Å². The first kappa shape index (κ1) is 29.5. The van der Waals surface area contributed by atoms with Gasteiger partial charge in [0.1, 0.15) is 0 Å². The molecule has 0 aliphatic rings. The molecule has 11 aromatic rings. The fraction of sp³-hybridized carbons (Fsp3) is 0. The molecule has 246 valence electrons. The first-order chi connectivity index (χ1) is 26.3. The molecule has 0 unspecified atom stereocenters. The monoisotopic (exact) mass is 674 g/mol. The van der Waals surface area contributed by atoms with E-state index in [0.717, 1.165) is 55.0 Å². The van der Waals surface area contributed by atoms with Crippen molar-refractivity contribution in [2.24, 2.45) is 0 Å². The minimum Gasteiger partial charge on any atom is -0.309 e. The molecular weight excluding hydrogens is 645 g/mol. The molecule has 11 rings (SSSR count). The number of nitrogens with zero attached hydrogens (tertiary/aromatic N) is 4. The molecule has 4 heteroatoms. The van der Waals surface area contributed by atoms with E-state index in [0.29, 0.717) is 17.5 Å². The maximum atomic E-state index is 5.23. The van der Waals surface area contributed by atoms with Crippen molar-refractivity contribution in [3.8, 4) is 39.9 Å². The van der Waals surface area contributed by atoms with Gasteiger partial charge in [0.25, 0.3) is 0 Å². The third kappa shape index (κ3) is 4.66. The number of hydrogen-bond acceptors (Lipinski definition) is 3. The van der Waals surface area contributed by atoms with Crippen LogP contribution in [0.25, 0.3) is 105 Å². The minimum absolute atomic E-state index is 0.629. The smallest absolute Gasteiger partial charge is 0.164 e. The summed E-state index contributed by atoms with van der Waals surface area (Å²) in [6, 6.07) is 64.5. The van der Waals surface area contributed by atoms with Crippen molar-refractivity contribution in [3.05, 3.63) is 182 Å². The molecule has 0 radical (unpaired) electrons. The highest BCUT2D eigenvalue weighted by Gasteiger charge is 2.19. The third-order valence-corrected chi connectivity index (χ3v) is 10.6. The molecule has 2 heterocycles. The second-order valence-electron chi connectivity index (χ2n) is 13.6. The van der Waals surface area contributed by atoms with E-state index in [-0.39, 0.29) is 0 Å². The Kier molecular flexibility index (Phi) is 6.52. The SMILES string of the molecule is c1cc(-c2nc(-c3cccc4ccccc34)nc(-c3cccc4ccccc34)n2)cc(-n2c3ccc4ccccc4c3c3c4ccccc4ccc32)c1. The van der Waals surface area contributed by atoms with E-state index >= 15 is 0 Å². The topological polar surface area (TPSA) is 43.6 Å². The lowest BCUT2D eigenvalue weighted by molar-refractivity contribution is 1.08. The summed E-state index contributed by atoms with van der Waals surface area (Å²) in [4.78, 5) is 15.6. The Morgan fingerprint density at radius 2 is 0.736 bits per heavy atom. The van der Waals surface area contributed by atoms with Crippen LogP contribution in [0.3, 0.4) is 0 Å². The molecule has 0 amide bonds. The van der Waals surface area contributed by atoms with Crippen LogP contribution in [-0.4, -0.2) is 19.5 Å². The maximum absolute atomic E-state index is 5.23. The van der Waals surface area contributed by atoms with E-state index in [1.165, 1.54) is 32.3 Å². The Morgan fingerprint density at radius 3 is 1.26 bits per heavy atom. The van der Waals surface area contributed by atoms with Crippen molar-refractivity contribution in [3.63, 3.8) is 0 Å². The first-order valence-corrected chi connectivity index (χ1v) is 18.0. The van der Waals surface area contributed by atoms with E-state index in [1.807, 2.05) is 0 Å². The van der Waals surface area contributed by atoms with Crippen LogP contribution in [0.5, 0.6) is 0 Å². The Labute approximate surface area is 305 Å². The Balaban J connectivity index is 1.18. The number of rotatable bonds is 4. The van der Waals surface area contributed by atoms with E-state index in [9.17, 15) is 0 Å². The summed E-state index contributed by atoms with van der Waals surface area (Å²) in [6.45, 7) is 0. The fourth-order valence-electron chi connectivity index (χ4n) is 8.20. The van der Waals surface area contributed by atoms with Crippen molar-refractivity contribution in [1.29, 1.82) is 0 Å². The van der Waals surface area contributed by atoms with Crippen LogP contribution >= 0.6 is 0 Å². The van der Waals surface area contributed by atoms with Gasteiger partial charge in [-0.15, -0.1) is 0 Å². The molecule has 0 atom stereocenters. The second-order valence-corrected chi connectivity index (χ2v) is 13.6. The Morgan fingerprint density at radius 1 is 0.321 bits per heavy atom. The van der Waals surface area contributed by atoms with Crippen molar-refractivity contribution < 1.29 is 0 Å². The first-order valence-electron chi connectivity index (χ1n) is 18.0. The molecule has 53 heavy (non-hydrogen) atoms. The van der Waals surface area contributed by atoms with Gasteiger partial charge >= 0.3 is 0 Å². The summed E-state index contributed by atoms with van der Waals surface area (Å²) in [5.74, 6) is 1.93. The normalized spacial score (nSPS) is 11.8. The number of hydrogen-bond donors (Lipinski definition) is 0. The molecule has 9 aromatic carbocycles. The maximum Gasteiger partial charge on any atom is 0.164 e. The Hall–Kier alpha value is -7.17. The van der Waals surface area contributed by atoms with Gasteiger partial charge in [-0.1, -0.05) is 158 Å². The summed E-state index contributed by atoms with van der Waals surface area (Å²) >= 11 is 0. The molecule has 0 bridgehead atoms. The average Bonchev–Trinajstić information content (AvgIpc) is 3.59. The summed E-state index contributed by atoms with van der Waals surface area (Å²) in [6.07, 6.45) is 0. The molecule has 0 N–H and O–H groups in total. The zero-order valence-electron chi connectivity index (χ0n) is 28.6. The van der Waals surface area contributed by atoms with Gasteiger partial charge in [-0.05, 0) is 67.4 Å². The second kappa shape index (κ2) is 11.7. The minimum atomic E-state index is 0.629. The Bertz CT molecular complexity index is 3050. The van der Waals surface area contributed by atoms with Crippen LogP contribution in [0.4, 0.5) is 0 Å². The molecule has 4 nitrogen and oxygen atoms in total. The fourth-order valence-corrected chi connectivity index (χ4v) is 8.20. The van der Waals surface area contributed by atoms with Crippen LogP contribution < -0.4 is 0 Å². The predicted octanol–water partition coefficient (Wildman–Crippen LogP) is 12.6. The molecule has 0 saturated carbocycles. The van der Waals surface area contributed by atoms with Gasteiger partial charge in [0, 0.05) is 33.2 Å². The van der Waals surface area contributed by atoms with Gasteiger partial charge in [-0.3, -0.25) is 0 Å². The predicted molar refractivity (Wildman–Crippen MR) is 220 cm³/mol. The van der Waals surface area contributed by atoms with Crippen LogP contribution in [0.2, 0.25) is 0 Å². The largest absolute Gasteiger partial charge is 0.309 e. The quantitative estimate of drug-likeness (QED) is 0.187. The van der Waals surface area contributed by atoms with Crippen molar-refractivity contribution in [2.45, 2.75) is 0 Å². The summed E-state index contributed by atoms with van der Waals surface area (Å²) in [5, 5.41) is 12.0. The molecule has 0 aliphatic carbocycles. The molecule has 0 spiro atoms. The van der Waals surface area contributed by atoms with Crippen molar-refractivity contribution in [1.82, 2.24) is 19.5 Å². The highest BCUT2D eigenvalue weighted by Crippen LogP contribution is 2.41. The summed E-state index contributed by atoms with van der Waals surface area (Å²) in [7, 11) is 0. The van der Waals surface area contributed by atoms with Crippen LogP contribution in [0.1, 0.15) is 0 Å². The van der Waals surface area contributed by atoms with Gasteiger partial charge in [-0.25, -0.2) is 15.0 Å². The number of benzene rings is 9. The standard InChI is InChI=1S/C49H30N4/c1-5-20-37-31(12-1)16-10-24-41(37)48-50-47(51-49(52-48)42-25-11-17-32-13-2-6-21-38(32)42)35-18-9-19-36(30-35)53-43-28-26-33-14-3-7-22-39(33)45(43)46-40-23-8-4-15-34(40)27-29-44(46)53/h1-30H. The highest BCUT2D eigenvalue weighted by molar-refractivity contribution is 6.28. The van der Waals surface area contributed by atoms with Crippen molar-refractivity contribution >= 4 is 64.9 Å². The lowest BCUT2D eigenvalue weighted by atomic mass is 10.00. The summed E-state index contributed by atoms with van der Waals surface area (Å²) < 4.78 is 2.39. The molecule has 2 aromatic heterocycles. The zero-order chi connectivity index (χ0) is 34.9. The molecule has 0 saturated heterocycles. The highest BCUT2D eigenvalue weighted by atomic mass is 15.0. The number of aromatic nitrogens is 4. The lowest BCUT2D eigenvalue weighted by Crippen LogP contribution is -2.02. The van der Waals surface area contributed by atoms with Gasteiger partial charge in [0.2, 0.25) is 0 Å². The van der Waals surface area contributed by atoms with E-state index in [2.05, 4.69) is 187 Å². The molecule has 0 aliphatic heterocycles. The molecule has 0 fully saturated rings. The van der Waals surface area contributed by atoms with E-state index in [4.69, 9.17) is 15.0 Å². The lowest BCUT2D eigenvalue weighted by Gasteiger charge is -2.13. The van der Waals surface area contributed by atoms with Gasteiger partial charge in [-0.2, -0.15) is 0 Å². The van der Waals surface area contributed by atoms with E-state index in [1.54, 1.807) is 0 Å². The van der Waals surface area contributed by atoms with Gasteiger partial charge in [0.15, 0.2) is 17.5 Å². The number of fused-ring (bicyclic) bond motifs is 9. The average molecular weight is 675 g/mol. The molecular formula is C49H30N4. The van der Waals surface area contributed by atoms with Crippen LogP contribution in [0.15, 0.2) is 182 Å². The van der Waals surface area contributed by atoms with E-state index < -0.39 is 0 Å². The zero-order valence-corrected chi connectivity index (χ0v) is 28.6. The van der Waals surface area contributed by atoms with Crippen molar-refractivity contribution in [2.75, 3.05) is 0 Å². The van der Waals surface area contributed by atoms with Crippen LogP contribution in [0, 0.1) is 0 Å². The van der Waals surface area contributed by atoms with Crippen LogP contribution in [-0.2, 0) is 0 Å². The summed E-state index contributed by atoms with van der Waals surface area (Å²) in [5.41, 5.74) is 6.25. The van der Waals surface area contributed by atoms with Gasteiger partial charge in [0.05, 0.1) is 11.0 Å².